The number of rotatable bonds is 8. The van der Waals surface area contributed by atoms with Crippen LogP contribution in [0.15, 0.2) is 12.1 Å². The van der Waals surface area contributed by atoms with Gasteiger partial charge in [-0.3, -0.25) is 0 Å². The first kappa shape index (κ1) is 15.6. The summed E-state index contributed by atoms with van der Waals surface area (Å²) < 4.78 is 11.0. The zero-order valence-corrected chi connectivity index (χ0v) is 12.3. The van der Waals surface area contributed by atoms with Crippen LogP contribution in [0, 0.1) is 0 Å². The second-order valence-electron chi connectivity index (χ2n) is 3.87. The van der Waals surface area contributed by atoms with Crippen molar-refractivity contribution in [2.45, 2.75) is 19.9 Å². The van der Waals surface area contributed by atoms with E-state index in [9.17, 15) is 0 Å². The molecule has 1 N–H and O–H groups in total. The van der Waals surface area contributed by atoms with E-state index in [0.29, 0.717) is 35.6 Å². The van der Waals surface area contributed by atoms with Gasteiger partial charge in [-0.05, 0) is 25.6 Å². The van der Waals surface area contributed by atoms with Gasteiger partial charge in [-0.25, -0.2) is 0 Å². The maximum Gasteiger partial charge on any atom is 0.142 e. The summed E-state index contributed by atoms with van der Waals surface area (Å²) in [7, 11) is 1.86. The van der Waals surface area contributed by atoms with Gasteiger partial charge in [0.15, 0.2) is 0 Å². The zero-order valence-electron chi connectivity index (χ0n) is 10.8. The molecule has 0 atom stereocenters. The van der Waals surface area contributed by atoms with Gasteiger partial charge < -0.3 is 14.8 Å². The summed E-state index contributed by atoms with van der Waals surface area (Å²) >= 11 is 12.1. The van der Waals surface area contributed by atoms with Gasteiger partial charge in [0.1, 0.15) is 12.4 Å². The van der Waals surface area contributed by atoms with Crippen LogP contribution in [-0.4, -0.2) is 26.9 Å². The smallest absolute Gasteiger partial charge is 0.142 e. The lowest BCUT2D eigenvalue weighted by molar-refractivity contribution is 0.100. The minimum Gasteiger partial charge on any atom is -0.489 e. The molecule has 1 aromatic carbocycles. The summed E-state index contributed by atoms with van der Waals surface area (Å²) in [5.74, 6) is 0.676. The quantitative estimate of drug-likeness (QED) is 0.744. The lowest BCUT2D eigenvalue weighted by Crippen LogP contribution is -2.11. The maximum absolute atomic E-state index is 6.13. The van der Waals surface area contributed by atoms with Crippen LogP contribution in [0.5, 0.6) is 5.75 Å². The Bertz CT molecular complexity index is 372. The molecule has 0 unspecified atom stereocenters. The second kappa shape index (κ2) is 8.59. The van der Waals surface area contributed by atoms with Crippen LogP contribution in [0.3, 0.4) is 0 Å². The summed E-state index contributed by atoms with van der Waals surface area (Å²) in [6.45, 7) is 4.53. The molecular weight excluding hydrogens is 273 g/mol. The highest BCUT2D eigenvalue weighted by Gasteiger charge is 2.10. The van der Waals surface area contributed by atoms with Crippen molar-refractivity contribution in [2.24, 2.45) is 0 Å². The number of hydrogen-bond donors (Lipinski definition) is 1. The van der Waals surface area contributed by atoms with E-state index in [4.69, 9.17) is 32.7 Å². The monoisotopic (exact) mass is 291 g/mol. The highest BCUT2D eigenvalue weighted by atomic mass is 35.5. The predicted octanol–water partition coefficient (Wildman–Crippen LogP) is 3.52. The number of benzene rings is 1. The molecule has 0 aliphatic rings. The van der Waals surface area contributed by atoms with Gasteiger partial charge in [-0.1, -0.05) is 30.1 Å². The fraction of sp³-hybridized carbons (Fsp3) is 0.538. The summed E-state index contributed by atoms with van der Waals surface area (Å²) in [5.41, 5.74) is 0.950. The molecule has 3 nitrogen and oxygen atoms in total. The average Bonchev–Trinajstić information content (AvgIpc) is 2.32. The van der Waals surface area contributed by atoms with E-state index in [1.165, 1.54) is 0 Å². The van der Waals surface area contributed by atoms with E-state index in [-0.39, 0.29) is 0 Å². The van der Waals surface area contributed by atoms with Gasteiger partial charge >= 0.3 is 0 Å². The van der Waals surface area contributed by atoms with Crippen molar-refractivity contribution in [3.8, 4) is 5.75 Å². The largest absolute Gasteiger partial charge is 0.489 e. The van der Waals surface area contributed by atoms with Gasteiger partial charge in [0.05, 0.1) is 11.6 Å². The molecule has 0 radical (unpaired) electrons. The van der Waals surface area contributed by atoms with E-state index in [0.717, 1.165) is 18.6 Å². The van der Waals surface area contributed by atoms with E-state index in [1.807, 2.05) is 13.1 Å². The Labute approximate surface area is 118 Å². The molecule has 0 aliphatic heterocycles. The van der Waals surface area contributed by atoms with Crippen LogP contribution in [0.4, 0.5) is 0 Å². The van der Waals surface area contributed by atoms with E-state index < -0.39 is 0 Å². The second-order valence-corrected chi connectivity index (χ2v) is 4.71. The van der Waals surface area contributed by atoms with E-state index in [2.05, 4.69) is 12.2 Å². The van der Waals surface area contributed by atoms with Crippen LogP contribution >= 0.6 is 23.2 Å². The molecule has 0 bridgehead atoms. The van der Waals surface area contributed by atoms with Crippen molar-refractivity contribution in [3.05, 3.63) is 27.7 Å². The Hall–Kier alpha value is -0.480. The number of ether oxygens (including phenoxy) is 2. The molecule has 0 heterocycles. The molecule has 0 spiro atoms. The Morgan fingerprint density at radius 3 is 2.61 bits per heavy atom. The summed E-state index contributed by atoms with van der Waals surface area (Å²) in [4.78, 5) is 0. The first-order valence-electron chi connectivity index (χ1n) is 6.02. The highest BCUT2D eigenvalue weighted by Crippen LogP contribution is 2.32. The third kappa shape index (κ3) is 5.02. The average molecular weight is 292 g/mol. The van der Waals surface area contributed by atoms with Gasteiger partial charge in [0, 0.05) is 23.7 Å². The van der Waals surface area contributed by atoms with Crippen molar-refractivity contribution >= 4 is 23.2 Å². The minimum absolute atomic E-state index is 0.484. The first-order valence-corrected chi connectivity index (χ1v) is 6.77. The molecule has 1 rings (SSSR count). The van der Waals surface area contributed by atoms with Crippen LogP contribution in [0.2, 0.25) is 10.0 Å². The molecule has 1 aromatic rings. The molecule has 0 saturated carbocycles. The van der Waals surface area contributed by atoms with Gasteiger partial charge in [-0.15, -0.1) is 0 Å². The first-order chi connectivity index (χ1) is 8.69. The third-order valence-electron chi connectivity index (χ3n) is 2.28. The molecule has 0 fully saturated rings. The maximum atomic E-state index is 6.13. The molecule has 0 amide bonds. The van der Waals surface area contributed by atoms with Crippen molar-refractivity contribution in [1.29, 1.82) is 0 Å². The zero-order chi connectivity index (χ0) is 13.4. The summed E-state index contributed by atoms with van der Waals surface area (Å²) in [5, 5.41) is 4.20. The minimum atomic E-state index is 0.484. The Balaban J connectivity index is 2.62. The van der Waals surface area contributed by atoms with Crippen molar-refractivity contribution in [2.75, 3.05) is 26.9 Å². The SMILES string of the molecule is CCCOCCOc1c(Cl)cc(Cl)cc1CNC. The van der Waals surface area contributed by atoms with E-state index in [1.54, 1.807) is 6.07 Å². The topological polar surface area (TPSA) is 30.5 Å². The third-order valence-corrected chi connectivity index (χ3v) is 2.77. The predicted molar refractivity (Wildman–Crippen MR) is 75.8 cm³/mol. The van der Waals surface area contributed by atoms with Crippen LogP contribution in [-0.2, 0) is 11.3 Å². The summed E-state index contributed by atoms with van der Waals surface area (Å²) in [6, 6.07) is 3.54. The fourth-order valence-electron chi connectivity index (χ4n) is 1.55. The van der Waals surface area contributed by atoms with E-state index >= 15 is 0 Å². The van der Waals surface area contributed by atoms with Crippen molar-refractivity contribution < 1.29 is 9.47 Å². The molecule has 0 aromatic heterocycles. The van der Waals surface area contributed by atoms with Crippen LogP contribution in [0.1, 0.15) is 18.9 Å². The Morgan fingerprint density at radius 2 is 1.94 bits per heavy atom. The Kier molecular flexibility index (Phi) is 7.44. The van der Waals surface area contributed by atoms with Crippen LogP contribution in [0.25, 0.3) is 0 Å². The summed E-state index contributed by atoms with van der Waals surface area (Å²) in [6.07, 6.45) is 1.01. The standard InChI is InChI=1S/C13H19Cl2NO2/c1-3-4-17-5-6-18-13-10(9-16-2)7-11(14)8-12(13)15/h7-8,16H,3-6,9H2,1-2H3. The van der Waals surface area contributed by atoms with Gasteiger partial charge in [-0.2, -0.15) is 0 Å². The molecule has 5 heteroatoms. The highest BCUT2D eigenvalue weighted by molar-refractivity contribution is 6.35. The molecule has 0 saturated heterocycles. The number of nitrogens with one attached hydrogen (secondary N) is 1. The van der Waals surface area contributed by atoms with Crippen molar-refractivity contribution in [1.82, 2.24) is 5.32 Å². The molecule has 102 valence electrons. The van der Waals surface area contributed by atoms with Crippen molar-refractivity contribution in [3.63, 3.8) is 0 Å². The molecular formula is C13H19Cl2NO2. The fourth-order valence-corrected chi connectivity index (χ4v) is 2.14. The number of hydrogen-bond acceptors (Lipinski definition) is 3. The molecule has 0 aliphatic carbocycles. The molecule has 18 heavy (non-hydrogen) atoms. The number of halogens is 2. The van der Waals surface area contributed by atoms with Gasteiger partial charge in [0.2, 0.25) is 0 Å². The Morgan fingerprint density at radius 1 is 1.17 bits per heavy atom. The van der Waals surface area contributed by atoms with Crippen LogP contribution < -0.4 is 10.1 Å². The lowest BCUT2D eigenvalue weighted by atomic mass is 10.2. The normalized spacial score (nSPS) is 10.7. The van der Waals surface area contributed by atoms with Gasteiger partial charge in [0.25, 0.3) is 0 Å². The lowest BCUT2D eigenvalue weighted by Gasteiger charge is -2.13.